The van der Waals surface area contributed by atoms with E-state index >= 15 is 0 Å². The van der Waals surface area contributed by atoms with E-state index in [4.69, 9.17) is 4.42 Å². The van der Waals surface area contributed by atoms with E-state index in [0.717, 1.165) is 11.8 Å². The largest absolute Gasteiger partial charge is 0.457 e. The number of thioether (sulfide) groups is 1. The molecule has 0 fully saturated rings. The van der Waals surface area contributed by atoms with E-state index in [1.165, 1.54) is 19.1 Å². The monoisotopic (exact) mass is 371 g/mol. The number of hydrogen-bond donors (Lipinski definition) is 1. The summed E-state index contributed by atoms with van der Waals surface area (Å²) in [4.78, 5) is 37.6. The van der Waals surface area contributed by atoms with Gasteiger partial charge in [0, 0.05) is 30.2 Å². The van der Waals surface area contributed by atoms with Crippen molar-refractivity contribution < 1.29 is 18.9 Å². The summed E-state index contributed by atoms with van der Waals surface area (Å²) in [5.41, 5.74) is 1.13. The van der Waals surface area contributed by atoms with Crippen molar-refractivity contribution in [2.45, 2.75) is 13.8 Å². The molecule has 0 atom stereocenters. The van der Waals surface area contributed by atoms with Crippen LogP contribution in [-0.4, -0.2) is 21.9 Å². The zero-order chi connectivity index (χ0) is 18.8. The molecule has 2 aromatic rings. The Morgan fingerprint density at radius 3 is 2.81 bits per heavy atom. The minimum atomic E-state index is -0.470. The van der Waals surface area contributed by atoms with Crippen molar-refractivity contribution >= 4 is 40.5 Å². The smallest absolute Gasteiger partial charge is 0.286 e. The van der Waals surface area contributed by atoms with Crippen LogP contribution in [0.5, 0.6) is 0 Å². The third-order valence-electron chi connectivity index (χ3n) is 3.49. The van der Waals surface area contributed by atoms with Crippen molar-refractivity contribution in [1.29, 1.82) is 0 Å². The molecule has 1 aliphatic heterocycles. The fourth-order valence-corrected chi connectivity index (χ4v) is 3.13. The Balaban J connectivity index is 1.83. The third-order valence-corrected chi connectivity index (χ3v) is 4.39. The molecule has 0 bridgehead atoms. The lowest BCUT2D eigenvalue weighted by Crippen LogP contribution is -2.23. The van der Waals surface area contributed by atoms with Gasteiger partial charge in [0.05, 0.1) is 9.83 Å². The lowest BCUT2D eigenvalue weighted by Gasteiger charge is -2.00. The highest BCUT2D eigenvalue weighted by Gasteiger charge is 2.23. The maximum absolute atomic E-state index is 11.9. The minimum absolute atomic E-state index is 0.00804. The van der Waals surface area contributed by atoms with E-state index in [1.54, 1.807) is 31.2 Å². The predicted molar refractivity (Wildman–Crippen MR) is 97.4 cm³/mol. The summed E-state index contributed by atoms with van der Waals surface area (Å²) in [5, 5.41) is 13.7. The highest BCUT2D eigenvalue weighted by atomic mass is 32.2. The molecule has 0 aliphatic carbocycles. The van der Waals surface area contributed by atoms with Gasteiger partial charge in [0.15, 0.2) is 5.17 Å². The number of nitro benzene ring substituents is 1. The maximum atomic E-state index is 11.9. The van der Waals surface area contributed by atoms with Gasteiger partial charge in [-0.05, 0) is 30.8 Å². The molecule has 0 spiro atoms. The summed E-state index contributed by atoms with van der Waals surface area (Å²) in [6.45, 7) is 2.99. The number of carbonyl (C=O) groups excluding carboxylic acids is 2. The predicted octanol–water partition coefficient (Wildman–Crippen LogP) is 3.27. The Hall–Kier alpha value is -3.20. The summed E-state index contributed by atoms with van der Waals surface area (Å²) in [7, 11) is 0. The second-order valence-electron chi connectivity index (χ2n) is 5.47. The standard InChI is InChI=1S/C17H13N3O5S/c1-9-3-4-11(7-13(9)20(23)24)14-6-5-12(25-14)8-15-16(22)19-17(26-15)18-10(2)21/h3-8H,1-2H3,(H,18,19,21,22)/b15-8+. The van der Waals surface area contributed by atoms with Crippen LogP contribution in [0.3, 0.4) is 0 Å². The lowest BCUT2D eigenvalue weighted by molar-refractivity contribution is -0.385. The molecular weight excluding hydrogens is 358 g/mol. The van der Waals surface area contributed by atoms with Crippen LogP contribution in [0.15, 0.2) is 44.6 Å². The number of nitrogens with zero attached hydrogens (tertiary/aromatic N) is 2. The minimum Gasteiger partial charge on any atom is -0.457 e. The van der Waals surface area contributed by atoms with Crippen LogP contribution in [-0.2, 0) is 9.59 Å². The highest BCUT2D eigenvalue weighted by molar-refractivity contribution is 8.18. The molecule has 0 saturated heterocycles. The zero-order valence-electron chi connectivity index (χ0n) is 13.8. The molecule has 1 N–H and O–H groups in total. The van der Waals surface area contributed by atoms with Crippen LogP contribution in [0, 0.1) is 17.0 Å². The van der Waals surface area contributed by atoms with E-state index in [2.05, 4.69) is 10.3 Å². The lowest BCUT2D eigenvalue weighted by atomic mass is 10.1. The average molecular weight is 371 g/mol. The van der Waals surface area contributed by atoms with Gasteiger partial charge in [-0.15, -0.1) is 0 Å². The fraction of sp³-hybridized carbons (Fsp3) is 0.118. The van der Waals surface area contributed by atoms with Crippen molar-refractivity contribution in [3.63, 3.8) is 0 Å². The number of rotatable bonds is 3. The number of amidine groups is 1. The van der Waals surface area contributed by atoms with Crippen LogP contribution >= 0.6 is 11.8 Å². The molecule has 0 radical (unpaired) electrons. The van der Waals surface area contributed by atoms with E-state index in [9.17, 15) is 19.7 Å². The van der Waals surface area contributed by atoms with E-state index in [1.807, 2.05) is 0 Å². The molecule has 8 nitrogen and oxygen atoms in total. The van der Waals surface area contributed by atoms with E-state index in [-0.39, 0.29) is 16.8 Å². The summed E-state index contributed by atoms with van der Waals surface area (Å²) in [5.74, 6) is 0.0611. The van der Waals surface area contributed by atoms with Crippen molar-refractivity contribution in [3.8, 4) is 11.3 Å². The molecular formula is C17H13N3O5S. The van der Waals surface area contributed by atoms with Crippen molar-refractivity contribution in [2.24, 2.45) is 4.99 Å². The molecule has 0 saturated carbocycles. The van der Waals surface area contributed by atoms with Gasteiger partial charge in [0.1, 0.15) is 11.5 Å². The summed E-state index contributed by atoms with van der Waals surface area (Å²) < 4.78 is 5.67. The molecule has 1 aromatic heterocycles. The Morgan fingerprint density at radius 1 is 1.35 bits per heavy atom. The van der Waals surface area contributed by atoms with Crippen molar-refractivity contribution in [1.82, 2.24) is 5.32 Å². The van der Waals surface area contributed by atoms with Crippen LogP contribution in [0.4, 0.5) is 5.69 Å². The van der Waals surface area contributed by atoms with Gasteiger partial charge < -0.3 is 9.73 Å². The summed E-state index contributed by atoms with van der Waals surface area (Å²) >= 11 is 1.04. The van der Waals surface area contributed by atoms with Crippen molar-refractivity contribution in [2.75, 3.05) is 0 Å². The normalized spacial score (nSPS) is 15.2. The number of carbonyl (C=O) groups is 2. The first-order chi connectivity index (χ1) is 12.3. The SMILES string of the molecule is CC(=O)NC1=NC(=O)/C(=C\c2ccc(-c3ccc(C)c([N+](=O)[O-])c3)o2)S1. The molecule has 2 heterocycles. The van der Waals surface area contributed by atoms with E-state index < -0.39 is 10.8 Å². The van der Waals surface area contributed by atoms with Gasteiger partial charge in [0.25, 0.3) is 11.6 Å². The quantitative estimate of drug-likeness (QED) is 0.503. The third kappa shape index (κ3) is 3.72. The first-order valence-electron chi connectivity index (χ1n) is 7.49. The Kier molecular flexibility index (Phi) is 4.72. The van der Waals surface area contributed by atoms with Gasteiger partial charge in [-0.3, -0.25) is 19.7 Å². The second kappa shape index (κ2) is 6.96. The maximum Gasteiger partial charge on any atom is 0.286 e. The molecule has 26 heavy (non-hydrogen) atoms. The molecule has 0 unspecified atom stereocenters. The van der Waals surface area contributed by atoms with Gasteiger partial charge in [-0.25, -0.2) is 0 Å². The van der Waals surface area contributed by atoms with Crippen LogP contribution in [0.1, 0.15) is 18.2 Å². The molecule has 1 aliphatic rings. The molecule has 132 valence electrons. The number of benzene rings is 1. The number of aryl methyl sites for hydroxylation is 1. The molecule has 3 rings (SSSR count). The van der Waals surface area contributed by atoms with Crippen LogP contribution < -0.4 is 5.32 Å². The van der Waals surface area contributed by atoms with E-state index in [0.29, 0.717) is 27.6 Å². The number of nitrogens with one attached hydrogen (secondary N) is 1. The average Bonchev–Trinajstić information content (AvgIpc) is 3.14. The second-order valence-corrected chi connectivity index (χ2v) is 6.50. The Labute approximate surface area is 152 Å². The van der Waals surface area contributed by atoms with Crippen molar-refractivity contribution in [3.05, 3.63) is 56.7 Å². The number of nitro groups is 1. The van der Waals surface area contributed by atoms with Gasteiger partial charge >= 0.3 is 0 Å². The Morgan fingerprint density at radius 2 is 2.12 bits per heavy atom. The first kappa shape index (κ1) is 17.6. The van der Waals surface area contributed by atoms with Gasteiger partial charge in [-0.1, -0.05) is 12.1 Å². The van der Waals surface area contributed by atoms with Crippen LogP contribution in [0.25, 0.3) is 17.4 Å². The molecule has 1 aromatic carbocycles. The number of furan rings is 1. The first-order valence-corrected chi connectivity index (χ1v) is 8.30. The Bertz CT molecular complexity index is 990. The summed E-state index contributed by atoms with van der Waals surface area (Å²) in [6, 6.07) is 8.14. The number of aliphatic imine (C=N–C) groups is 1. The van der Waals surface area contributed by atoms with Gasteiger partial charge in [0.2, 0.25) is 5.91 Å². The van der Waals surface area contributed by atoms with Crippen LogP contribution in [0.2, 0.25) is 0 Å². The zero-order valence-corrected chi connectivity index (χ0v) is 14.6. The molecule has 9 heteroatoms. The topological polar surface area (TPSA) is 115 Å². The molecule has 2 amide bonds. The number of amides is 2. The van der Waals surface area contributed by atoms with Gasteiger partial charge in [-0.2, -0.15) is 4.99 Å². The fourth-order valence-electron chi connectivity index (χ4n) is 2.29. The highest BCUT2D eigenvalue weighted by Crippen LogP contribution is 2.31. The number of hydrogen-bond acceptors (Lipinski definition) is 6. The summed E-state index contributed by atoms with van der Waals surface area (Å²) in [6.07, 6.45) is 1.51.